The molecule has 1 aromatic rings. The molecule has 0 saturated carbocycles. The summed E-state index contributed by atoms with van der Waals surface area (Å²) in [7, 11) is 0. The molecule has 0 bridgehead atoms. The highest BCUT2D eigenvalue weighted by molar-refractivity contribution is 6.42. The van der Waals surface area contributed by atoms with Gasteiger partial charge in [0, 0.05) is 18.2 Å². The maximum absolute atomic E-state index is 11.9. The van der Waals surface area contributed by atoms with Crippen LogP contribution in [0, 0.1) is 0 Å². The lowest BCUT2D eigenvalue weighted by atomic mass is 10.00. The highest BCUT2D eigenvalue weighted by atomic mass is 35.5. The Kier molecular flexibility index (Phi) is 5.52. The van der Waals surface area contributed by atoms with Gasteiger partial charge in [-0.1, -0.05) is 23.2 Å². The number of hydrogen-bond acceptors (Lipinski definition) is 3. The van der Waals surface area contributed by atoms with E-state index in [0.29, 0.717) is 15.8 Å². The van der Waals surface area contributed by atoms with Crippen LogP contribution in [-0.2, 0) is 4.79 Å². The van der Waals surface area contributed by atoms with E-state index in [0.717, 1.165) is 19.4 Å². The molecule has 0 radical (unpaired) electrons. The summed E-state index contributed by atoms with van der Waals surface area (Å²) >= 11 is 11.7. The summed E-state index contributed by atoms with van der Waals surface area (Å²) in [4.78, 5) is 11.9. The van der Waals surface area contributed by atoms with Crippen LogP contribution in [0.4, 0.5) is 0 Å². The average molecular weight is 317 g/mol. The maximum atomic E-state index is 11.9. The first kappa shape index (κ1) is 15.4. The molecule has 1 aliphatic rings. The standard InChI is InChI=1S/C14H18Cl2N2O2/c1-9-13(3-2-6-17-9)18-14(19)8-20-10-4-5-11(15)12(16)7-10/h4-5,7,9,13,17H,2-3,6,8H2,1H3,(H,18,19). The van der Waals surface area contributed by atoms with Crippen molar-refractivity contribution < 1.29 is 9.53 Å². The van der Waals surface area contributed by atoms with Crippen LogP contribution < -0.4 is 15.4 Å². The van der Waals surface area contributed by atoms with Crippen molar-refractivity contribution in [3.8, 4) is 5.75 Å². The quantitative estimate of drug-likeness (QED) is 0.897. The smallest absolute Gasteiger partial charge is 0.258 e. The fraction of sp³-hybridized carbons (Fsp3) is 0.500. The van der Waals surface area contributed by atoms with Gasteiger partial charge >= 0.3 is 0 Å². The van der Waals surface area contributed by atoms with Crippen LogP contribution >= 0.6 is 23.2 Å². The summed E-state index contributed by atoms with van der Waals surface area (Å²) in [6.45, 7) is 3.05. The van der Waals surface area contributed by atoms with Crippen molar-refractivity contribution in [2.45, 2.75) is 31.8 Å². The number of carbonyl (C=O) groups excluding carboxylic acids is 1. The zero-order valence-electron chi connectivity index (χ0n) is 11.3. The predicted octanol–water partition coefficient (Wildman–Crippen LogP) is 2.63. The molecule has 1 amide bonds. The molecule has 2 atom stereocenters. The SMILES string of the molecule is CC1NCCCC1NC(=O)COc1ccc(Cl)c(Cl)c1. The van der Waals surface area contributed by atoms with Crippen molar-refractivity contribution >= 4 is 29.1 Å². The van der Waals surface area contributed by atoms with E-state index in [4.69, 9.17) is 27.9 Å². The second-order valence-corrected chi connectivity index (χ2v) is 5.74. The summed E-state index contributed by atoms with van der Waals surface area (Å²) < 4.78 is 5.40. The van der Waals surface area contributed by atoms with E-state index in [1.165, 1.54) is 0 Å². The molecule has 6 heteroatoms. The third-order valence-electron chi connectivity index (χ3n) is 3.37. The maximum Gasteiger partial charge on any atom is 0.258 e. The third-order valence-corrected chi connectivity index (χ3v) is 4.11. The van der Waals surface area contributed by atoms with Crippen molar-refractivity contribution in [1.82, 2.24) is 10.6 Å². The molecule has 1 saturated heterocycles. The van der Waals surface area contributed by atoms with Crippen LogP contribution in [0.5, 0.6) is 5.75 Å². The van der Waals surface area contributed by atoms with Gasteiger partial charge in [0.15, 0.2) is 6.61 Å². The monoisotopic (exact) mass is 316 g/mol. The number of piperidine rings is 1. The van der Waals surface area contributed by atoms with Crippen LogP contribution in [0.3, 0.4) is 0 Å². The first-order valence-corrected chi connectivity index (χ1v) is 7.42. The number of nitrogens with one attached hydrogen (secondary N) is 2. The van der Waals surface area contributed by atoms with Gasteiger partial charge in [0.05, 0.1) is 10.0 Å². The molecule has 1 fully saturated rings. The average Bonchev–Trinajstić information content (AvgIpc) is 2.43. The van der Waals surface area contributed by atoms with E-state index in [-0.39, 0.29) is 24.6 Å². The largest absolute Gasteiger partial charge is 0.484 e. The van der Waals surface area contributed by atoms with Crippen molar-refractivity contribution in [2.24, 2.45) is 0 Å². The highest BCUT2D eigenvalue weighted by Gasteiger charge is 2.22. The molecule has 0 aromatic heterocycles. The zero-order chi connectivity index (χ0) is 14.5. The fourth-order valence-electron chi connectivity index (χ4n) is 2.21. The van der Waals surface area contributed by atoms with Gasteiger partial charge < -0.3 is 15.4 Å². The Labute approximate surface area is 128 Å². The van der Waals surface area contributed by atoms with Crippen LogP contribution in [0.2, 0.25) is 10.0 Å². The topological polar surface area (TPSA) is 50.4 Å². The van der Waals surface area contributed by atoms with E-state index in [1.54, 1.807) is 18.2 Å². The number of ether oxygens (including phenoxy) is 1. The Bertz CT molecular complexity index is 482. The minimum Gasteiger partial charge on any atom is -0.484 e. The summed E-state index contributed by atoms with van der Waals surface area (Å²) in [5.74, 6) is 0.404. The summed E-state index contributed by atoms with van der Waals surface area (Å²) in [6, 6.07) is 5.38. The number of carbonyl (C=O) groups is 1. The first-order chi connectivity index (χ1) is 9.56. The Morgan fingerprint density at radius 1 is 1.45 bits per heavy atom. The van der Waals surface area contributed by atoms with Gasteiger partial charge in [-0.15, -0.1) is 0 Å². The zero-order valence-corrected chi connectivity index (χ0v) is 12.8. The normalized spacial score (nSPS) is 22.4. The van der Waals surface area contributed by atoms with Crippen molar-refractivity contribution in [3.05, 3.63) is 28.2 Å². The Balaban J connectivity index is 1.81. The molecule has 20 heavy (non-hydrogen) atoms. The van der Waals surface area contributed by atoms with E-state index in [2.05, 4.69) is 17.6 Å². The molecule has 0 spiro atoms. The van der Waals surface area contributed by atoms with Crippen molar-refractivity contribution in [3.63, 3.8) is 0 Å². The van der Waals surface area contributed by atoms with Gasteiger partial charge in [0.2, 0.25) is 0 Å². The van der Waals surface area contributed by atoms with E-state index < -0.39 is 0 Å². The van der Waals surface area contributed by atoms with E-state index in [1.807, 2.05) is 0 Å². The summed E-state index contributed by atoms with van der Waals surface area (Å²) in [5.41, 5.74) is 0. The Morgan fingerprint density at radius 3 is 2.95 bits per heavy atom. The lowest BCUT2D eigenvalue weighted by molar-refractivity contribution is -0.124. The van der Waals surface area contributed by atoms with Gasteiger partial charge in [0.1, 0.15) is 5.75 Å². The predicted molar refractivity (Wildman–Crippen MR) is 80.6 cm³/mol. The molecule has 2 unspecified atom stereocenters. The van der Waals surface area contributed by atoms with Crippen molar-refractivity contribution in [2.75, 3.05) is 13.2 Å². The lowest BCUT2D eigenvalue weighted by Gasteiger charge is -2.30. The fourth-order valence-corrected chi connectivity index (χ4v) is 2.49. The second-order valence-electron chi connectivity index (χ2n) is 4.92. The lowest BCUT2D eigenvalue weighted by Crippen LogP contribution is -2.52. The number of hydrogen-bond donors (Lipinski definition) is 2. The first-order valence-electron chi connectivity index (χ1n) is 6.67. The molecule has 1 aliphatic heterocycles. The van der Waals surface area contributed by atoms with Crippen LogP contribution in [-0.4, -0.2) is 31.1 Å². The van der Waals surface area contributed by atoms with Crippen LogP contribution in [0.1, 0.15) is 19.8 Å². The minimum atomic E-state index is -0.128. The van der Waals surface area contributed by atoms with Crippen LogP contribution in [0.15, 0.2) is 18.2 Å². The molecule has 4 nitrogen and oxygen atoms in total. The summed E-state index contributed by atoms with van der Waals surface area (Å²) in [5, 5.41) is 7.19. The van der Waals surface area contributed by atoms with Gasteiger partial charge in [0.25, 0.3) is 5.91 Å². The molecular weight excluding hydrogens is 299 g/mol. The molecule has 2 rings (SSSR count). The minimum absolute atomic E-state index is 0.0266. The third kappa shape index (κ3) is 4.27. The molecule has 1 aromatic carbocycles. The molecule has 110 valence electrons. The van der Waals surface area contributed by atoms with E-state index >= 15 is 0 Å². The molecule has 1 heterocycles. The van der Waals surface area contributed by atoms with Gasteiger partial charge in [-0.25, -0.2) is 0 Å². The highest BCUT2D eigenvalue weighted by Crippen LogP contribution is 2.26. The van der Waals surface area contributed by atoms with Crippen molar-refractivity contribution in [1.29, 1.82) is 0 Å². The Hall–Kier alpha value is -0.970. The number of rotatable bonds is 4. The number of benzene rings is 1. The van der Waals surface area contributed by atoms with Crippen LogP contribution in [0.25, 0.3) is 0 Å². The van der Waals surface area contributed by atoms with E-state index in [9.17, 15) is 4.79 Å². The number of amides is 1. The van der Waals surface area contributed by atoms with Gasteiger partial charge in [-0.05, 0) is 38.4 Å². The number of halogens is 2. The molecule has 0 aliphatic carbocycles. The summed E-state index contributed by atoms with van der Waals surface area (Å²) in [6.07, 6.45) is 2.07. The molecular formula is C14H18Cl2N2O2. The molecule has 2 N–H and O–H groups in total. The Morgan fingerprint density at radius 2 is 2.25 bits per heavy atom. The van der Waals surface area contributed by atoms with Gasteiger partial charge in [-0.2, -0.15) is 0 Å². The second kappa shape index (κ2) is 7.16. The van der Waals surface area contributed by atoms with Gasteiger partial charge in [-0.3, -0.25) is 4.79 Å².